The zero-order chi connectivity index (χ0) is 41.8. The Morgan fingerprint density at radius 2 is 1.35 bits per heavy atom. The number of furan rings is 2. The Kier molecular flexibility index (Phi) is 7.67. The smallest absolute Gasteiger partial charge is 0.139 e. The molecule has 0 aliphatic carbocycles. The summed E-state index contributed by atoms with van der Waals surface area (Å²) in [5.74, 6) is 0.695. The van der Waals surface area contributed by atoms with Crippen molar-refractivity contribution in [3.63, 3.8) is 0 Å². The first-order valence-corrected chi connectivity index (χ1v) is 21.5. The molecule has 0 radical (unpaired) electrons. The first-order chi connectivity index (χ1) is 31.1. The van der Waals surface area contributed by atoms with Gasteiger partial charge in [-0.3, -0.25) is 4.98 Å². The van der Waals surface area contributed by atoms with Crippen LogP contribution in [0.5, 0.6) is 0 Å². The molecule has 2 unspecified atom stereocenters. The Morgan fingerprint density at radius 3 is 2.21 bits per heavy atom. The van der Waals surface area contributed by atoms with Gasteiger partial charge in [0, 0.05) is 50.0 Å². The summed E-state index contributed by atoms with van der Waals surface area (Å²) >= 11 is 0. The third kappa shape index (κ3) is 5.30. The molecule has 0 N–H and O–H groups in total. The van der Waals surface area contributed by atoms with Gasteiger partial charge in [-0.2, -0.15) is 5.26 Å². The van der Waals surface area contributed by atoms with Gasteiger partial charge < -0.3 is 13.4 Å². The third-order valence-corrected chi connectivity index (χ3v) is 13.3. The van der Waals surface area contributed by atoms with E-state index in [-0.39, 0.29) is 11.8 Å². The number of para-hydroxylation sites is 2. The Balaban J connectivity index is 1.04. The molecule has 296 valence electrons. The minimum Gasteiger partial charge on any atom is -0.458 e. The van der Waals surface area contributed by atoms with Crippen LogP contribution in [-0.2, 0) is 0 Å². The standard InChI is InChI=1S/C57H36N4O2/c1-2-39-53(38-22-26-51-46(29-38)41-13-6-8-16-50(41)62-51)57-56(44-23-21-37(31-52(44)63-57)34-19-17-33(32-58)18-20-34)60-54(39)43-24-25-48(55-42(43)14-9-27-59-55)61-47-15-7-5-12-40(47)45-28-35-10-3-4-11-36(35)30-49(45)61/h3-31,39,53H,2H2,1H3. The van der Waals surface area contributed by atoms with Crippen molar-refractivity contribution in [3.8, 4) is 22.9 Å². The van der Waals surface area contributed by atoms with E-state index in [4.69, 9.17) is 18.8 Å². The fourth-order valence-electron chi connectivity index (χ4n) is 10.4. The normalized spacial score (nSPS) is 15.2. The minimum absolute atomic E-state index is 0.0273. The molecule has 0 saturated heterocycles. The van der Waals surface area contributed by atoms with E-state index in [2.05, 4.69) is 145 Å². The van der Waals surface area contributed by atoms with E-state index in [1.54, 1.807) is 0 Å². The maximum Gasteiger partial charge on any atom is 0.139 e. The Labute approximate surface area is 361 Å². The maximum absolute atomic E-state index is 9.43. The monoisotopic (exact) mass is 808 g/mol. The fourth-order valence-corrected chi connectivity index (χ4v) is 10.4. The van der Waals surface area contributed by atoms with Crippen molar-refractivity contribution in [3.05, 3.63) is 199 Å². The van der Waals surface area contributed by atoms with Gasteiger partial charge in [0.1, 0.15) is 28.2 Å². The van der Waals surface area contributed by atoms with E-state index in [0.717, 1.165) is 106 Å². The second-order valence-corrected chi connectivity index (χ2v) is 16.7. The van der Waals surface area contributed by atoms with Crippen LogP contribution in [0.4, 0.5) is 5.69 Å². The molecule has 1 aliphatic heterocycles. The predicted octanol–water partition coefficient (Wildman–Crippen LogP) is 15.0. The number of benzene rings is 8. The topological polar surface area (TPSA) is 80.2 Å². The maximum atomic E-state index is 9.43. The van der Waals surface area contributed by atoms with Crippen molar-refractivity contribution in [1.82, 2.24) is 9.55 Å². The van der Waals surface area contributed by atoms with Gasteiger partial charge in [-0.25, -0.2) is 4.99 Å². The van der Waals surface area contributed by atoms with Crippen molar-refractivity contribution in [1.29, 1.82) is 5.26 Å². The Bertz CT molecular complexity index is 3930. The van der Waals surface area contributed by atoms with Crippen LogP contribution in [0.25, 0.3) is 93.2 Å². The van der Waals surface area contributed by atoms with Crippen molar-refractivity contribution in [2.75, 3.05) is 0 Å². The lowest BCUT2D eigenvalue weighted by Gasteiger charge is -2.31. The quantitative estimate of drug-likeness (QED) is 0.173. The van der Waals surface area contributed by atoms with Gasteiger partial charge in [0.2, 0.25) is 0 Å². The summed E-state index contributed by atoms with van der Waals surface area (Å²) in [4.78, 5) is 10.8. The van der Waals surface area contributed by atoms with Crippen molar-refractivity contribution < 1.29 is 8.83 Å². The fraction of sp³-hybridized carbons (Fsp3) is 0.0702. The second-order valence-electron chi connectivity index (χ2n) is 16.7. The van der Waals surface area contributed by atoms with Gasteiger partial charge in [-0.15, -0.1) is 0 Å². The summed E-state index contributed by atoms with van der Waals surface area (Å²) in [7, 11) is 0. The number of aliphatic imine (C=N–C) groups is 1. The van der Waals surface area contributed by atoms with E-state index in [9.17, 15) is 5.26 Å². The first kappa shape index (κ1) is 35.5. The molecule has 13 rings (SSSR count). The lowest BCUT2D eigenvalue weighted by Crippen LogP contribution is -2.26. The summed E-state index contributed by atoms with van der Waals surface area (Å²) < 4.78 is 15.7. The molecular weight excluding hydrogens is 773 g/mol. The van der Waals surface area contributed by atoms with Crippen LogP contribution < -0.4 is 0 Å². The molecule has 6 nitrogen and oxygen atoms in total. The lowest BCUT2D eigenvalue weighted by molar-refractivity contribution is 0.459. The lowest BCUT2D eigenvalue weighted by atomic mass is 9.75. The van der Waals surface area contributed by atoms with Crippen LogP contribution >= 0.6 is 0 Å². The molecule has 0 fully saturated rings. The van der Waals surface area contributed by atoms with Crippen LogP contribution in [0.15, 0.2) is 190 Å². The third-order valence-electron chi connectivity index (χ3n) is 13.3. The number of rotatable bonds is 5. The van der Waals surface area contributed by atoms with E-state index in [1.165, 1.54) is 21.5 Å². The van der Waals surface area contributed by atoms with Crippen molar-refractivity contribution in [2.45, 2.75) is 19.3 Å². The van der Waals surface area contributed by atoms with Crippen LogP contribution in [0.1, 0.15) is 41.7 Å². The average molecular weight is 809 g/mol. The molecule has 4 aromatic heterocycles. The number of hydrogen-bond acceptors (Lipinski definition) is 5. The number of fused-ring (bicyclic) bond motifs is 11. The van der Waals surface area contributed by atoms with E-state index in [1.807, 2.05) is 48.7 Å². The molecule has 6 heteroatoms. The van der Waals surface area contributed by atoms with E-state index < -0.39 is 0 Å². The van der Waals surface area contributed by atoms with Crippen molar-refractivity contribution in [2.24, 2.45) is 10.9 Å². The molecule has 63 heavy (non-hydrogen) atoms. The highest BCUT2D eigenvalue weighted by atomic mass is 16.3. The summed E-state index contributed by atoms with van der Waals surface area (Å²) in [6.07, 6.45) is 2.73. The molecule has 8 aromatic carbocycles. The molecular formula is C57H36N4O2. The van der Waals surface area contributed by atoms with Crippen LogP contribution in [0, 0.1) is 17.2 Å². The zero-order valence-electron chi connectivity index (χ0n) is 34.2. The highest BCUT2D eigenvalue weighted by Gasteiger charge is 2.39. The Hall–Kier alpha value is -8.27. The van der Waals surface area contributed by atoms with Gasteiger partial charge in [-0.1, -0.05) is 104 Å². The molecule has 12 aromatic rings. The molecule has 0 saturated carbocycles. The molecule has 0 amide bonds. The van der Waals surface area contributed by atoms with Gasteiger partial charge in [0.05, 0.1) is 45.5 Å². The first-order valence-electron chi connectivity index (χ1n) is 21.5. The zero-order valence-corrected chi connectivity index (χ0v) is 34.2. The number of hydrogen-bond donors (Lipinski definition) is 0. The summed E-state index contributed by atoms with van der Waals surface area (Å²) in [5.41, 5.74) is 13.5. The number of aromatic nitrogens is 2. The highest BCUT2D eigenvalue weighted by molar-refractivity contribution is 6.18. The molecule has 0 spiro atoms. The number of pyridine rings is 1. The molecule has 0 bridgehead atoms. The van der Waals surface area contributed by atoms with E-state index >= 15 is 0 Å². The van der Waals surface area contributed by atoms with E-state index in [0.29, 0.717) is 5.56 Å². The largest absolute Gasteiger partial charge is 0.458 e. The highest BCUT2D eigenvalue weighted by Crippen LogP contribution is 2.51. The average Bonchev–Trinajstić information content (AvgIpc) is 4.01. The second kappa shape index (κ2) is 13.6. The molecule has 2 atom stereocenters. The summed E-state index contributed by atoms with van der Waals surface area (Å²) in [6.45, 7) is 2.26. The van der Waals surface area contributed by atoms with Gasteiger partial charge in [0.25, 0.3) is 0 Å². The number of nitrogens with zero attached hydrogens (tertiary/aromatic N) is 4. The molecule has 1 aliphatic rings. The van der Waals surface area contributed by atoms with Gasteiger partial charge in [0.15, 0.2) is 0 Å². The SMILES string of the molecule is CCC1C(c2ccc(-n3c4ccccc4c4cc5ccccc5cc43)c3ncccc23)=Nc2c(oc3cc(-c4ccc(C#N)cc4)ccc23)C1c1ccc2oc3ccccc3c2c1. The van der Waals surface area contributed by atoms with Crippen molar-refractivity contribution >= 4 is 87.8 Å². The predicted molar refractivity (Wildman–Crippen MR) is 255 cm³/mol. The number of nitriles is 1. The van der Waals surface area contributed by atoms with Gasteiger partial charge >= 0.3 is 0 Å². The molecule has 5 heterocycles. The summed E-state index contributed by atoms with van der Waals surface area (Å²) in [6, 6.07) is 61.8. The van der Waals surface area contributed by atoms with Crippen LogP contribution in [-0.4, -0.2) is 15.3 Å². The Morgan fingerprint density at radius 1 is 0.587 bits per heavy atom. The summed E-state index contributed by atoms with van der Waals surface area (Å²) in [5, 5.41) is 18.5. The minimum atomic E-state index is -0.140. The van der Waals surface area contributed by atoms with Gasteiger partial charge in [-0.05, 0) is 107 Å². The van der Waals surface area contributed by atoms with Crippen LogP contribution in [0.3, 0.4) is 0 Å². The van der Waals surface area contributed by atoms with Crippen LogP contribution in [0.2, 0.25) is 0 Å².